The van der Waals surface area contributed by atoms with E-state index in [4.69, 9.17) is 4.74 Å². The number of rotatable bonds is 4. The van der Waals surface area contributed by atoms with Crippen molar-refractivity contribution in [3.63, 3.8) is 0 Å². The Labute approximate surface area is 220 Å². The van der Waals surface area contributed by atoms with E-state index >= 15 is 0 Å². The third-order valence-corrected chi connectivity index (χ3v) is 9.24. The highest BCUT2D eigenvalue weighted by Crippen LogP contribution is 2.64. The summed E-state index contributed by atoms with van der Waals surface area (Å²) in [6, 6.07) is 13.7. The first kappa shape index (κ1) is 24.4. The van der Waals surface area contributed by atoms with E-state index in [9.17, 15) is 24.3 Å². The predicted molar refractivity (Wildman–Crippen MR) is 138 cm³/mol. The third kappa shape index (κ3) is 3.09. The topological polar surface area (TPSA) is 104 Å². The van der Waals surface area contributed by atoms with Crippen LogP contribution in [0.1, 0.15) is 38.2 Å². The van der Waals surface area contributed by atoms with E-state index in [0.717, 1.165) is 5.57 Å². The van der Waals surface area contributed by atoms with E-state index in [0.29, 0.717) is 30.0 Å². The van der Waals surface area contributed by atoms with Crippen LogP contribution in [0.15, 0.2) is 60.2 Å². The van der Waals surface area contributed by atoms with Crippen molar-refractivity contribution in [1.82, 2.24) is 4.90 Å². The second-order valence-electron chi connectivity index (χ2n) is 10.8. The van der Waals surface area contributed by atoms with Gasteiger partial charge in [0, 0.05) is 18.0 Å². The van der Waals surface area contributed by atoms with Crippen LogP contribution in [0.4, 0.5) is 5.69 Å². The number of phenols is 1. The van der Waals surface area contributed by atoms with Gasteiger partial charge in [-0.3, -0.25) is 24.1 Å². The lowest BCUT2D eigenvalue weighted by Crippen LogP contribution is -2.48. The highest BCUT2D eigenvalue weighted by Gasteiger charge is 2.67. The summed E-state index contributed by atoms with van der Waals surface area (Å²) < 4.78 is 5.45. The van der Waals surface area contributed by atoms with Crippen LogP contribution in [0.3, 0.4) is 0 Å². The van der Waals surface area contributed by atoms with Crippen molar-refractivity contribution in [3.8, 4) is 11.5 Å². The largest absolute Gasteiger partial charge is 0.508 e. The molecule has 6 rings (SSSR count). The third-order valence-electron chi connectivity index (χ3n) is 9.24. The van der Waals surface area contributed by atoms with Crippen LogP contribution in [0.2, 0.25) is 0 Å². The molecular formula is C30H30N2O6. The number of para-hydroxylation sites is 1. The minimum absolute atomic E-state index is 0.0122. The van der Waals surface area contributed by atoms with Crippen molar-refractivity contribution < 1.29 is 29.0 Å². The van der Waals surface area contributed by atoms with E-state index in [-0.39, 0.29) is 35.8 Å². The number of benzene rings is 2. The van der Waals surface area contributed by atoms with Gasteiger partial charge in [0.2, 0.25) is 23.6 Å². The second kappa shape index (κ2) is 8.55. The quantitative estimate of drug-likeness (QED) is 0.493. The first-order valence-electron chi connectivity index (χ1n) is 13.1. The molecule has 0 bridgehead atoms. The van der Waals surface area contributed by atoms with Crippen molar-refractivity contribution in [1.29, 1.82) is 0 Å². The van der Waals surface area contributed by atoms with Gasteiger partial charge in [-0.2, -0.15) is 0 Å². The Balaban J connectivity index is 1.56. The number of anilines is 1. The van der Waals surface area contributed by atoms with E-state index in [1.807, 2.05) is 12.1 Å². The summed E-state index contributed by atoms with van der Waals surface area (Å²) in [6.45, 7) is 3.88. The molecule has 2 aromatic carbocycles. The molecule has 1 N–H and O–H groups in total. The molecule has 2 aliphatic carbocycles. The number of hydrogen-bond acceptors (Lipinski definition) is 6. The van der Waals surface area contributed by atoms with Crippen LogP contribution in [0.5, 0.6) is 11.5 Å². The van der Waals surface area contributed by atoms with E-state index in [1.54, 1.807) is 50.2 Å². The van der Waals surface area contributed by atoms with Gasteiger partial charge in [0.15, 0.2) is 0 Å². The van der Waals surface area contributed by atoms with Crippen LogP contribution in [-0.2, 0) is 19.2 Å². The summed E-state index contributed by atoms with van der Waals surface area (Å²) in [5, 5.41) is 11.1. The lowest BCUT2D eigenvalue weighted by atomic mass is 9.51. The zero-order chi connectivity index (χ0) is 26.9. The van der Waals surface area contributed by atoms with Gasteiger partial charge in [0.1, 0.15) is 11.5 Å². The monoisotopic (exact) mass is 514 g/mol. The summed E-state index contributed by atoms with van der Waals surface area (Å²) >= 11 is 0. The average molecular weight is 515 g/mol. The number of fused-ring (bicyclic) bond motifs is 4. The maximum Gasteiger partial charge on any atom is 0.241 e. The number of aromatic hydroxyl groups is 1. The number of phenolic OH excluding ortho intramolecular Hbond substituents is 1. The van der Waals surface area contributed by atoms with Crippen molar-refractivity contribution in [2.45, 2.75) is 32.6 Å². The van der Waals surface area contributed by atoms with Gasteiger partial charge in [0.05, 0.1) is 36.0 Å². The van der Waals surface area contributed by atoms with Crippen molar-refractivity contribution >= 4 is 29.3 Å². The summed E-state index contributed by atoms with van der Waals surface area (Å²) in [5.74, 6) is -3.42. The first-order valence-corrected chi connectivity index (χ1v) is 13.1. The molecule has 2 aliphatic heterocycles. The minimum atomic E-state index is -1.21. The van der Waals surface area contributed by atoms with E-state index < -0.39 is 35.0 Å². The number of likely N-dealkylation sites (tertiary alicyclic amines) is 1. The molecule has 38 heavy (non-hydrogen) atoms. The van der Waals surface area contributed by atoms with Crippen molar-refractivity contribution in [2.75, 3.05) is 18.6 Å². The smallest absolute Gasteiger partial charge is 0.241 e. The SMILES string of the molecule is CCN1C(=O)C2CC=C3C(CC4C(=O)N(c5ccccc5)C(=O)C4(C)C3c3cc(OC)ccc3O)C2C1=O. The first-order chi connectivity index (χ1) is 18.2. The Kier molecular flexibility index (Phi) is 5.49. The summed E-state index contributed by atoms with van der Waals surface area (Å²) in [5.41, 5.74) is 0.600. The maximum absolute atomic E-state index is 14.3. The highest BCUT2D eigenvalue weighted by molar-refractivity contribution is 6.24. The molecule has 2 saturated heterocycles. The molecule has 4 amide bonds. The van der Waals surface area contributed by atoms with Crippen LogP contribution in [-0.4, -0.2) is 47.3 Å². The van der Waals surface area contributed by atoms with Gasteiger partial charge < -0.3 is 9.84 Å². The Bertz CT molecular complexity index is 1400. The second-order valence-corrected chi connectivity index (χ2v) is 10.8. The maximum atomic E-state index is 14.3. The van der Waals surface area contributed by atoms with Crippen LogP contribution in [0, 0.1) is 29.1 Å². The molecule has 4 aliphatic rings. The standard InChI is InChI=1S/C30H30N2O6/c1-4-31-26(34)19-12-11-18-20(24(19)28(31)36)15-22-27(35)32(16-8-6-5-7-9-16)29(37)30(22,2)25(18)21-14-17(38-3)10-13-23(21)33/h5-11,13-14,19-20,22,24-25,33H,4,12,15H2,1-3H3. The van der Waals surface area contributed by atoms with Crippen LogP contribution < -0.4 is 9.64 Å². The number of amides is 4. The Hall–Kier alpha value is -3.94. The summed E-state index contributed by atoms with van der Waals surface area (Å²) in [4.78, 5) is 57.4. The zero-order valence-corrected chi connectivity index (χ0v) is 21.6. The number of carbonyl (C=O) groups is 4. The number of imide groups is 2. The molecule has 2 aromatic rings. The minimum Gasteiger partial charge on any atom is -0.508 e. The fourth-order valence-electron chi connectivity index (χ4n) is 7.45. The van der Waals surface area contributed by atoms with Gasteiger partial charge in [0.25, 0.3) is 0 Å². The predicted octanol–water partition coefficient (Wildman–Crippen LogP) is 3.65. The molecule has 8 heteroatoms. The summed E-state index contributed by atoms with van der Waals surface area (Å²) in [6.07, 6.45) is 2.64. The average Bonchev–Trinajstić information content (AvgIpc) is 3.29. The molecule has 0 radical (unpaired) electrons. The van der Waals surface area contributed by atoms with Crippen LogP contribution in [0.25, 0.3) is 0 Å². The van der Waals surface area contributed by atoms with Gasteiger partial charge >= 0.3 is 0 Å². The summed E-state index contributed by atoms with van der Waals surface area (Å²) in [7, 11) is 1.53. The number of ether oxygens (including phenoxy) is 1. The molecule has 2 heterocycles. The number of carbonyl (C=O) groups excluding carboxylic acids is 4. The molecule has 6 atom stereocenters. The number of allylic oxidation sites excluding steroid dienone is 2. The molecule has 3 fully saturated rings. The molecule has 1 saturated carbocycles. The molecule has 8 nitrogen and oxygen atoms in total. The van der Waals surface area contributed by atoms with Crippen molar-refractivity contribution in [2.24, 2.45) is 29.1 Å². The highest BCUT2D eigenvalue weighted by atomic mass is 16.5. The molecule has 196 valence electrons. The fraction of sp³-hybridized carbons (Fsp3) is 0.400. The van der Waals surface area contributed by atoms with Crippen LogP contribution >= 0.6 is 0 Å². The number of methoxy groups -OCH3 is 1. The van der Waals surface area contributed by atoms with Gasteiger partial charge in [-0.1, -0.05) is 29.8 Å². The van der Waals surface area contributed by atoms with E-state index in [1.165, 1.54) is 23.0 Å². The van der Waals surface area contributed by atoms with Gasteiger partial charge in [-0.05, 0) is 62.9 Å². The molecular weight excluding hydrogens is 484 g/mol. The zero-order valence-electron chi connectivity index (χ0n) is 21.6. The molecule has 6 unspecified atom stereocenters. The normalized spacial score (nSPS) is 32.2. The van der Waals surface area contributed by atoms with Gasteiger partial charge in [-0.25, -0.2) is 4.90 Å². The van der Waals surface area contributed by atoms with Crippen molar-refractivity contribution in [3.05, 3.63) is 65.7 Å². The Morgan fingerprint density at radius 3 is 2.42 bits per heavy atom. The Morgan fingerprint density at radius 1 is 1.00 bits per heavy atom. The lowest BCUT2D eigenvalue weighted by Gasteiger charge is -2.49. The number of hydrogen-bond donors (Lipinski definition) is 1. The number of nitrogens with zero attached hydrogens (tertiary/aromatic N) is 2. The van der Waals surface area contributed by atoms with E-state index in [2.05, 4.69) is 0 Å². The molecule has 0 aromatic heterocycles. The lowest BCUT2D eigenvalue weighted by molar-refractivity contribution is -0.140. The molecule has 0 spiro atoms. The Morgan fingerprint density at radius 2 is 1.74 bits per heavy atom. The van der Waals surface area contributed by atoms with Gasteiger partial charge in [-0.15, -0.1) is 0 Å². The fourth-order valence-corrected chi connectivity index (χ4v) is 7.45.